The molecule has 0 aromatic heterocycles. The number of hydrogen-bond donors (Lipinski definition) is 0. The molecule has 6 nitrogen and oxygen atoms in total. The van der Waals surface area contributed by atoms with Crippen molar-refractivity contribution in [1.29, 1.82) is 0 Å². The minimum atomic E-state index is -0.722. The van der Waals surface area contributed by atoms with Crippen LogP contribution in [0.3, 0.4) is 0 Å². The van der Waals surface area contributed by atoms with Crippen LogP contribution in [0.2, 0.25) is 0 Å². The molecule has 6 heteroatoms. The van der Waals surface area contributed by atoms with Gasteiger partial charge in [0.15, 0.2) is 0 Å². The summed E-state index contributed by atoms with van der Waals surface area (Å²) in [4.78, 5) is 47.4. The van der Waals surface area contributed by atoms with Crippen molar-refractivity contribution in [2.24, 2.45) is 17.8 Å². The number of allylic oxidation sites excluding steroid dienone is 2. The summed E-state index contributed by atoms with van der Waals surface area (Å²) >= 11 is 0. The van der Waals surface area contributed by atoms with Crippen LogP contribution in [0.4, 0.5) is 0 Å². The van der Waals surface area contributed by atoms with E-state index in [1.54, 1.807) is 0 Å². The lowest BCUT2D eigenvalue weighted by molar-refractivity contribution is -0.333. The summed E-state index contributed by atoms with van der Waals surface area (Å²) in [7, 11) is 0. The number of unbranched alkanes of at least 4 members (excludes halogenated alkanes) is 7. The van der Waals surface area contributed by atoms with Crippen LogP contribution in [-0.4, -0.2) is 11.9 Å². The van der Waals surface area contributed by atoms with E-state index in [1.807, 2.05) is 88.4 Å². The maximum atomic E-state index is 13.4. The second-order valence-corrected chi connectivity index (χ2v) is 13.6. The van der Waals surface area contributed by atoms with Crippen LogP contribution >= 0.6 is 0 Å². The third-order valence-electron chi connectivity index (χ3n) is 8.97. The fraction of sp³-hybridized carbons (Fsp3) is 0.590. The molecule has 0 N–H and O–H groups in total. The molecule has 2 aromatic carbocycles. The predicted molar refractivity (Wildman–Crippen MR) is 179 cm³/mol. The molecule has 0 aliphatic heterocycles. The Kier molecular flexibility index (Phi) is 15.3. The Morgan fingerprint density at radius 2 is 1.20 bits per heavy atom. The highest BCUT2D eigenvalue weighted by Crippen LogP contribution is 2.36. The lowest BCUT2D eigenvalue weighted by Crippen LogP contribution is -2.32. The van der Waals surface area contributed by atoms with E-state index in [0.29, 0.717) is 12.3 Å². The Morgan fingerprint density at radius 3 is 1.82 bits per heavy atom. The first-order chi connectivity index (χ1) is 21.6. The van der Waals surface area contributed by atoms with Crippen molar-refractivity contribution in [3.8, 4) is 0 Å². The second-order valence-electron chi connectivity index (χ2n) is 13.6. The van der Waals surface area contributed by atoms with Gasteiger partial charge in [-0.15, -0.1) is 0 Å². The Labute approximate surface area is 271 Å². The third-order valence-corrected chi connectivity index (χ3v) is 8.97. The fourth-order valence-electron chi connectivity index (χ4n) is 5.98. The highest BCUT2D eigenvalue weighted by Gasteiger charge is 2.35. The zero-order valence-electron chi connectivity index (χ0n) is 28.3. The molecule has 0 radical (unpaired) electrons. The molecule has 0 bridgehead atoms. The average Bonchev–Trinajstić information content (AvgIpc) is 3.05. The summed E-state index contributed by atoms with van der Waals surface area (Å²) < 4.78 is 0. The molecule has 0 saturated heterocycles. The van der Waals surface area contributed by atoms with Gasteiger partial charge in [-0.05, 0) is 76.3 Å². The predicted octanol–water partition coefficient (Wildman–Crippen LogP) is 10.3. The van der Waals surface area contributed by atoms with E-state index in [4.69, 9.17) is 19.6 Å². The maximum Gasteiger partial charge on any atom is 0.346 e. The number of carbonyl (C=O) groups is 2. The Hall–Kier alpha value is -2.96. The van der Waals surface area contributed by atoms with Gasteiger partial charge in [0.2, 0.25) is 0 Å². The van der Waals surface area contributed by atoms with Crippen LogP contribution in [0.25, 0.3) is 0 Å². The summed E-state index contributed by atoms with van der Waals surface area (Å²) in [5.41, 5.74) is 0.505. The van der Waals surface area contributed by atoms with Crippen molar-refractivity contribution in [3.05, 3.63) is 83.9 Å². The maximum absolute atomic E-state index is 13.4. The standard InChI is InChI=1S/C39H56O6/c1-6-7-8-15-22-32-29-28-31(30-35(32)37(41)43-45-39(4,5)34-25-18-13-19-26-34)21-14-10-9-11-20-27-36(40)42-44-38(2,3)33-23-16-12-17-24-33/h12-13,16-19,23-26,28-29,31-32,35H,6-11,14-15,20-22,27,30H2,1-5H3. The SMILES string of the molecule is CCCCCCC1C=CC(CCCCCCCC(=O)OOC(C)(C)c2ccccc2)CC1C(=O)OOC(C)(C)c1ccccc1. The number of benzene rings is 2. The topological polar surface area (TPSA) is 71.1 Å². The molecule has 3 rings (SSSR count). The smallest absolute Gasteiger partial charge is 0.297 e. The van der Waals surface area contributed by atoms with Crippen LogP contribution < -0.4 is 0 Å². The minimum Gasteiger partial charge on any atom is -0.297 e. The number of rotatable bonds is 20. The Morgan fingerprint density at radius 1 is 0.667 bits per heavy atom. The molecule has 2 aromatic rings. The lowest BCUT2D eigenvalue weighted by Gasteiger charge is -2.31. The van der Waals surface area contributed by atoms with Gasteiger partial charge in [-0.1, -0.05) is 131 Å². The molecule has 0 heterocycles. The normalized spacial score (nSPS) is 18.5. The summed E-state index contributed by atoms with van der Waals surface area (Å²) in [6.07, 6.45) is 17.5. The molecule has 0 amide bonds. The van der Waals surface area contributed by atoms with E-state index >= 15 is 0 Å². The van der Waals surface area contributed by atoms with Gasteiger partial charge in [0, 0.05) is 6.42 Å². The molecule has 3 unspecified atom stereocenters. The van der Waals surface area contributed by atoms with Gasteiger partial charge >= 0.3 is 11.9 Å². The molecule has 0 saturated carbocycles. The van der Waals surface area contributed by atoms with E-state index in [0.717, 1.165) is 68.9 Å². The van der Waals surface area contributed by atoms with Gasteiger partial charge < -0.3 is 0 Å². The first-order valence-corrected chi connectivity index (χ1v) is 17.2. The minimum absolute atomic E-state index is 0.187. The number of carbonyl (C=O) groups excluding carboxylic acids is 2. The van der Waals surface area contributed by atoms with Gasteiger partial charge in [0.25, 0.3) is 0 Å². The molecule has 1 aliphatic rings. The Balaban J connectivity index is 1.38. The van der Waals surface area contributed by atoms with Crippen LogP contribution in [0.5, 0.6) is 0 Å². The highest BCUT2D eigenvalue weighted by molar-refractivity contribution is 5.73. The molecule has 0 fully saturated rings. The van der Waals surface area contributed by atoms with Crippen molar-refractivity contribution in [2.45, 2.75) is 129 Å². The second kappa shape index (κ2) is 18.9. The zero-order chi connectivity index (χ0) is 32.5. The Bertz CT molecular complexity index is 1160. The van der Waals surface area contributed by atoms with Gasteiger partial charge in [-0.2, -0.15) is 9.78 Å². The van der Waals surface area contributed by atoms with Crippen molar-refractivity contribution in [2.75, 3.05) is 0 Å². The van der Waals surface area contributed by atoms with Crippen LogP contribution in [0, 0.1) is 17.8 Å². The molecule has 0 spiro atoms. The third kappa shape index (κ3) is 12.8. The van der Waals surface area contributed by atoms with Gasteiger partial charge in [0.1, 0.15) is 11.2 Å². The van der Waals surface area contributed by atoms with E-state index in [-0.39, 0.29) is 23.8 Å². The first kappa shape index (κ1) is 36.5. The van der Waals surface area contributed by atoms with Gasteiger partial charge in [0.05, 0.1) is 5.92 Å². The zero-order valence-corrected chi connectivity index (χ0v) is 28.3. The van der Waals surface area contributed by atoms with Gasteiger partial charge in [-0.3, -0.25) is 9.78 Å². The van der Waals surface area contributed by atoms with Crippen LogP contribution in [0.1, 0.15) is 129 Å². The van der Waals surface area contributed by atoms with E-state index in [2.05, 4.69) is 19.1 Å². The van der Waals surface area contributed by atoms with Gasteiger partial charge in [-0.25, -0.2) is 9.59 Å². The largest absolute Gasteiger partial charge is 0.346 e. The quantitative estimate of drug-likeness (QED) is 0.0635. The van der Waals surface area contributed by atoms with Crippen LogP contribution in [-0.2, 0) is 40.3 Å². The average molecular weight is 621 g/mol. The van der Waals surface area contributed by atoms with E-state index < -0.39 is 11.2 Å². The van der Waals surface area contributed by atoms with Crippen molar-refractivity contribution >= 4 is 11.9 Å². The van der Waals surface area contributed by atoms with Crippen molar-refractivity contribution in [1.82, 2.24) is 0 Å². The van der Waals surface area contributed by atoms with Crippen molar-refractivity contribution < 1.29 is 29.1 Å². The molecule has 1 aliphatic carbocycles. The molecule has 3 atom stereocenters. The molecule has 248 valence electrons. The summed E-state index contributed by atoms with van der Waals surface area (Å²) in [6.45, 7) is 9.83. The monoisotopic (exact) mass is 620 g/mol. The summed E-state index contributed by atoms with van der Waals surface area (Å²) in [5, 5.41) is 0. The first-order valence-electron chi connectivity index (χ1n) is 17.2. The molecular weight excluding hydrogens is 564 g/mol. The highest BCUT2D eigenvalue weighted by atomic mass is 17.2. The molecule has 45 heavy (non-hydrogen) atoms. The van der Waals surface area contributed by atoms with Crippen LogP contribution in [0.15, 0.2) is 72.8 Å². The lowest BCUT2D eigenvalue weighted by atomic mass is 9.75. The summed E-state index contributed by atoms with van der Waals surface area (Å²) in [5.74, 6) is -0.220. The fourth-order valence-corrected chi connectivity index (χ4v) is 5.98. The summed E-state index contributed by atoms with van der Waals surface area (Å²) in [6, 6.07) is 19.6. The van der Waals surface area contributed by atoms with Crippen molar-refractivity contribution in [3.63, 3.8) is 0 Å². The van der Waals surface area contributed by atoms with E-state index in [1.165, 1.54) is 19.3 Å². The molecular formula is C39H56O6. The van der Waals surface area contributed by atoms with E-state index in [9.17, 15) is 9.59 Å². The number of hydrogen-bond acceptors (Lipinski definition) is 6.